The molecule has 0 bridgehead atoms. The Morgan fingerprint density at radius 1 is 1.05 bits per heavy atom. The molecule has 0 saturated carbocycles. The first kappa shape index (κ1) is 15.5. The number of hydrogen-bond donors (Lipinski definition) is 2. The second-order valence-electron chi connectivity index (χ2n) is 4.85. The molecule has 0 atom stereocenters. The van der Waals surface area contributed by atoms with E-state index in [2.05, 4.69) is 10.0 Å². The van der Waals surface area contributed by atoms with Crippen molar-refractivity contribution in [3.63, 3.8) is 0 Å². The maximum absolute atomic E-state index is 12.5. The number of benzene rings is 2. The summed E-state index contributed by atoms with van der Waals surface area (Å²) in [5.41, 5.74) is 2.25. The molecule has 2 N–H and O–H groups in total. The number of anilines is 1. The first-order chi connectivity index (χ1) is 10.0. The summed E-state index contributed by atoms with van der Waals surface area (Å²) in [5, 5.41) is 3.20. The minimum atomic E-state index is -3.57. The molecule has 0 saturated heterocycles. The molecule has 0 aliphatic heterocycles. The highest BCUT2D eigenvalue weighted by molar-refractivity contribution is 7.92. The molecule has 2 aromatic carbocycles. The van der Waals surface area contributed by atoms with E-state index in [4.69, 9.17) is 0 Å². The van der Waals surface area contributed by atoms with Gasteiger partial charge < -0.3 is 5.32 Å². The summed E-state index contributed by atoms with van der Waals surface area (Å²) in [7, 11) is -3.57. The molecular weight excluding hydrogens is 284 g/mol. The fraction of sp³-hybridized carbons (Fsp3) is 0.250. The first-order valence-corrected chi connectivity index (χ1v) is 8.39. The molecule has 112 valence electrons. The number of sulfonamides is 1. The van der Waals surface area contributed by atoms with Crippen molar-refractivity contribution < 1.29 is 8.42 Å². The highest BCUT2D eigenvalue weighted by atomic mass is 32.2. The van der Waals surface area contributed by atoms with Gasteiger partial charge in [0, 0.05) is 12.2 Å². The van der Waals surface area contributed by atoms with Crippen LogP contribution in [-0.4, -0.2) is 15.0 Å². The molecule has 2 aromatic rings. The summed E-state index contributed by atoms with van der Waals surface area (Å²) in [5.74, 6) is 0. The Bertz CT molecular complexity index is 697. The third-order valence-electron chi connectivity index (χ3n) is 3.15. The number of rotatable bonds is 6. The molecule has 0 aromatic heterocycles. The van der Waals surface area contributed by atoms with Crippen molar-refractivity contribution in [1.82, 2.24) is 5.32 Å². The van der Waals surface area contributed by atoms with Gasteiger partial charge in [0.25, 0.3) is 10.0 Å². The minimum Gasteiger partial charge on any atom is -0.313 e. The Hall–Kier alpha value is -1.85. The summed E-state index contributed by atoms with van der Waals surface area (Å²) < 4.78 is 27.6. The largest absolute Gasteiger partial charge is 0.313 e. The number of para-hydroxylation sites is 1. The highest BCUT2D eigenvalue weighted by Crippen LogP contribution is 2.20. The van der Waals surface area contributed by atoms with Gasteiger partial charge in [-0.15, -0.1) is 0 Å². The van der Waals surface area contributed by atoms with Crippen molar-refractivity contribution in [2.75, 3.05) is 11.3 Å². The van der Waals surface area contributed by atoms with E-state index in [1.54, 1.807) is 37.3 Å². The second kappa shape index (κ2) is 6.74. The van der Waals surface area contributed by atoms with E-state index >= 15 is 0 Å². The van der Waals surface area contributed by atoms with Crippen LogP contribution in [0.5, 0.6) is 0 Å². The van der Waals surface area contributed by atoms with E-state index in [-0.39, 0.29) is 0 Å². The molecule has 2 rings (SSSR count). The predicted molar refractivity (Wildman–Crippen MR) is 85.8 cm³/mol. The zero-order valence-corrected chi connectivity index (χ0v) is 13.1. The van der Waals surface area contributed by atoms with Crippen LogP contribution in [-0.2, 0) is 16.6 Å². The Morgan fingerprint density at radius 3 is 2.43 bits per heavy atom. The lowest BCUT2D eigenvalue weighted by molar-refractivity contribution is 0.600. The van der Waals surface area contributed by atoms with Crippen LogP contribution in [0, 0.1) is 6.92 Å². The van der Waals surface area contributed by atoms with Gasteiger partial charge in [0.1, 0.15) is 0 Å². The van der Waals surface area contributed by atoms with E-state index in [0.717, 1.165) is 17.7 Å². The zero-order valence-electron chi connectivity index (χ0n) is 12.3. The summed E-state index contributed by atoms with van der Waals surface area (Å²) in [6.45, 7) is 5.32. The lowest BCUT2D eigenvalue weighted by Crippen LogP contribution is -2.16. The average Bonchev–Trinajstić information content (AvgIpc) is 2.47. The van der Waals surface area contributed by atoms with Crippen LogP contribution in [0.3, 0.4) is 0 Å². The molecule has 0 radical (unpaired) electrons. The second-order valence-corrected chi connectivity index (χ2v) is 6.50. The van der Waals surface area contributed by atoms with Crippen molar-refractivity contribution in [2.45, 2.75) is 25.3 Å². The van der Waals surface area contributed by atoms with Crippen LogP contribution in [0.25, 0.3) is 0 Å². The van der Waals surface area contributed by atoms with Gasteiger partial charge in [-0.1, -0.05) is 37.3 Å². The maximum Gasteiger partial charge on any atom is 0.262 e. The van der Waals surface area contributed by atoms with Gasteiger partial charge in [-0.05, 0) is 42.8 Å². The third-order valence-corrected chi connectivity index (χ3v) is 4.67. The van der Waals surface area contributed by atoms with E-state index in [1.807, 2.05) is 25.1 Å². The topological polar surface area (TPSA) is 58.2 Å². The van der Waals surface area contributed by atoms with Crippen molar-refractivity contribution >= 4 is 15.7 Å². The summed E-state index contributed by atoms with van der Waals surface area (Å²) >= 11 is 0. The van der Waals surface area contributed by atoms with Gasteiger partial charge in [-0.3, -0.25) is 4.72 Å². The van der Waals surface area contributed by atoms with E-state index in [1.165, 1.54) is 0 Å². The van der Waals surface area contributed by atoms with Crippen LogP contribution in [0.1, 0.15) is 18.1 Å². The first-order valence-electron chi connectivity index (χ1n) is 6.91. The molecule has 0 heterocycles. The molecule has 0 aliphatic carbocycles. The Labute approximate surface area is 126 Å². The van der Waals surface area contributed by atoms with Crippen LogP contribution >= 0.6 is 0 Å². The molecule has 21 heavy (non-hydrogen) atoms. The van der Waals surface area contributed by atoms with Crippen LogP contribution in [0.2, 0.25) is 0 Å². The van der Waals surface area contributed by atoms with E-state index in [9.17, 15) is 8.42 Å². The van der Waals surface area contributed by atoms with Gasteiger partial charge >= 0.3 is 0 Å². The van der Waals surface area contributed by atoms with Crippen LogP contribution < -0.4 is 10.0 Å². The quantitative estimate of drug-likeness (QED) is 0.862. The standard InChI is InChI=1S/C16H20N2O2S/c1-3-17-12-14-10-9-13(2)16(11-14)21(19,20)18-15-7-5-4-6-8-15/h4-11,17-18H,3,12H2,1-2H3. The summed E-state index contributed by atoms with van der Waals surface area (Å²) in [4.78, 5) is 0.321. The lowest BCUT2D eigenvalue weighted by atomic mass is 10.1. The monoisotopic (exact) mass is 304 g/mol. The molecule has 0 fully saturated rings. The van der Waals surface area contributed by atoms with Crippen molar-refractivity contribution in [2.24, 2.45) is 0 Å². The summed E-state index contributed by atoms with van der Waals surface area (Å²) in [6.07, 6.45) is 0. The molecule has 4 nitrogen and oxygen atoms in total. The fourth-order valence-corrected chi connectivity index (χ4v) is 3.38. The van der Waals surface area contributed by atoms with Crippen molar-refractivity contribution in [1.29, 1.82) is 0 Å². The third kappa shape index (κ3) is 4.06. The SMILES string of the molecule is CCNCc1ccc(C)c(S(=O)(=O)Nc2ccccc2)c1. The van der Waals surface area contributed by atoms with Gasteiger partial charge in [-0.2, -0.15) is 0 Å². The van der Waals surface area contributed by atoms with E-state index in [0.29, 0.717) is 17.1 Å². The Balaban J connectivity index is 2.30. The molecule has 0 amide bonds. The molecular formula is C16H20N2O2S. The number of hydrogen-bond acceptors (Lipinski definition) is 3. The average molecular weight is 304 g/mol. The van der Waals surface area contributed by atoms with Crippen molar-refractivity contribution in [3.8, 4) is 0 Å². The summed E-state index contributed by atoms with van der Waals surface area (Å²) in [6, 6.07) is 14.4. The zero-order chi connectivity index (χ0) is 15.3. The highest BCUT2D eigenvalue weighted by Gasteiger charge is 2.17. The molecule has 0 aliphatic rings. The molecule has 0 unspecified atom stereocenters. The van der Waals surface area contributed by atoms with Gasteiger partial charge in [0.15, 0.2) is 0 Å². The normalized spacial score (nSPS) is 11.3. The predicted octanol–water partition coefficient (Wildman–Crippen LogP) is 2.91. The smallest absolute Gasteiger partial charge is 0.262 e. The Morgan fingerprint density at radius 2 is 1.76 bits per heavy atom. The number of nitrogens with one attached hydrogen (secondary N) is 2. The molecule has 0 spiro atoms. The fourth-order valence-electron chi connectivity index (χ4n) is 2.03. The van der Waals surface area contributed by atoms with Crippen LogP contribution in [0.4, 0.5) is 5.69 Å². The van der Waals surface area contributed by atoms with E-state index < -0.39 is 10.0 Å². The molecule has 5 heteroatoms. The van der Waals surface area contributed by atoms with Gasteiger partial charge in [-0.25, -0.2) is 8.42 Å². The van der Waals surface area contributed by atoms with Gasteiger partial charge in [0.2, 0.25) is 0 Å². The Kier molecular flexibility index (Phi) is 4.98. The number of aryl methyl sites for hydroxylation is 1. The van der Waals surface area contributed by atoms with Crippen molar-refractivity contribution in [3.05, 3.63) is 59.7 Å². The maximum atomic E-state index is 12.5. The van der Waals surface area contributed by atoms with Crippen LogP contribution in [0.15, 0.2) is 53.4 Å². The minimum absolute atomic E-state index is 0.321. The lowest BCUT2D eigenvalue weighted by Gasteiger charge is -2.12. The van der Waals surface area contributed by atoms with Gasteiger partial charge in [0.05, 0.1) is 4.90 Å².